The quantitative estimate of drug-likeness (QED) is 0.625. The van der Waals surface area contributed by atoms with E-state index in [1.807, 2.05) is 6.92 Å². The Morgan fingerprint density at radius 3 is 2.30 bits per heavy atom. The highest BCUT2D eigenvalue weighted by molar-refractivity contribution is 7.92. The second-order valence-corrected chi connectivity index (χ2v) is 5.40. The number of sulfone groups is 1. The van der Waals surface area contributed by atoms with E-state index in [2.05, 4.69) is 0 Å². The molecule has 0 aromatic rings. The van der Waals surface area contributed by atoms with Gasteiger partial charge in [-0.25, -0.2) is 8.42 Å². The number of hydrogen-bond donors (Lipinski definition) is 0. The maximum Gasteiger partial charge on any atom is 0.164 e. The molecule has 1 atom stereocenters. The van der Waals surface area contributed by atoms with Crippen molar-refractivity contribution >= 4 is 21.4 Å². The minimum atomic E-state index is -3.01. The lowest BCUT2D eigenvalue weighted by Gasteiger charge is -2.04. The smallest absolute Gasteiger partial charge is 0.164 e. The fraction of sp³-hybridized carbons (Fsp3) is 1.00. The molecule has 0 aromatic carbocycles. The highest BCUT2D eigenvalue weighted by Crippen LogP contribution is 2.12. The monoisotopic (exact) mass is 184 g/mol. The highest BCUT2D eigenvalue weighted by Gasteiger charge is 2.15. The van der Waals surface area contributed by atoms with Crippen LogP contribution in [0.2, 0.25) is 0 Å². The first-order valence-corrected chi connectivity index (χ1v) is 5.70. The molecule has 0 heterocycles. The molecule has 0 fully saturated rings. The molecule has 0 aliphatic carbocycles. The van der Waals surface area contributed by atoms with Gasteiger partial charge in [0.2, 0.25) is 0 Å². The first-order valence-electron chi connectivity index (χ1n) is 3.31. The summed E-state index contributed by atoms with van der Waals surface area (Å²) in [7, 11) is -3.01. The molecule has 4 heteroatoms. The van der Waals surface area contributed by atoms with E-state index in [9.17, 15) is 8.42 Å². The normalized spacial score (nSPS) is 15.1. The molecule has 10 heavy (non-hydrogen) atoms. The van der Waals surface area contributed by atoms with E-state index < -0.39 is 14.5 Å². The Hall–Kier alpha value is 0.240. The first-order chi connectivity index (χ1) is 4.48. The van der Waals surface area contributed by atoms with Crippen molar-refractivity contribution < 1.29 is 8.42 Å². The van der Waals surface area contributed by atoms with Gasteiger partial charge in [-0.3, -0.25) is 0 Å². The van der Waals surface area contributed by atoms with E-state index in [4.69, 9.17) is 11.6 Å². The van der Waals surface area contributed by atoms with Crippen LogP contribution in [0, 0.1) is 0 Å². The molecule has 0 aliphatic rings. The second-order valence-electron chi connectivity index (χ2n) is 2.38. The second kappa shape index (κ2) is 4.19. The topological polar surface area (TPSA) is 34.1 Å². The number of alkyl halides is 1. The van der Waals surface area contributed by atoms with E-state index in [1.54, 1.807) is 0 Å². The Labute approximate surface area is 67.5 Å². The molecule has 2 nitrogen and oxygen atoms in total. The molecule has 0 N–H and O–H groups in total. The summed E-state index contributed by atoms with van der Waals surface area (Å²) in [6, 6.07) is 0. The van der Waals surface area contributed by atoms with Crippen molar-refractivity contribution in [3.8, 4) is 0 Å². The predicted octanol–water partition coefficient (Wildman–Crippen LogP) is 1.79. The summed E-state index contributed by atoms with van der Waals surface area (Å²) in [5.74, 6) is 0. The van der Waals surface area contributed by atoms with Gasteiger partial charge in [-0.2, -0.15) is 0 Å². The molecule has 0 bridgehead atoms. The van der Waals surface area contributed by atoms with E-state index >= 15 is 0 Å². The minimum absolute atomic E-state index is 0.566. The average Bonchev–Trinajstić information content (AvgIpc) is 1.80. The standard InChI is InChI=1S/C6H13ClO2S/c1-3-4-5-6(7)10(2,8)9/h6H,3-5H2,1-2H3. The zero-order chi connectivity index (χ0) is 8.20. The van der Waals surface area contributed by atoms with Crippen LogP contribution < -0.4 is 0 Å². The number of rotatable bonds is 4. The Balaban J connectivity index is 3.75. The third-order valence-electron chi connectivity index (χ3n) is 1.25. The SMILES string of the molecule is CCCCC(Cl)S(C)(=O)=O. The molecule has 0 aromatic heterocycles. The molecule has 0 radical (unpaired) electrons. The molecule has 0 aliphatic heterocycles. The summed E-state index contributed by atoms with van der Waals surface area (Å²) >= 11 is 5.55. The Morgan fingerprint density at radius 2 is 2.00 bits per heavy atom. The van der Waals surface area contributed by atoms with Crippen LogP contribution in [0.15, 0.2) is 0 Å². The summed E-state index contributed by atoms with van der Waals surface area (Å²) in [6.07, 6.45) is 3.59. The minimum Gasteiger partial charge on any atom is -0.228 e. The Kier molecular flexibility index (Phi) is 4.29. The van der Waals surface area contributed by atoms with Crippen LogP contribution in [0.5, 0.6) is 0 Å². The lowest BCUT2D eigenvalue weighted by molar-refractivity contribution is 0.591. The Morgan fingerprint density at radius 1 is 1.50 bits per heavy atom. The summed E-state index contributed by atoms with van der Waals surface area (Å²) in [5.41, 5.74) is 0. The summed E-state index contributed by atoms with van der Waals surface area (Å²) < 4.78 is 20.7. The molecule has 62 valence electrons. The molecule has 0 amide bonds. The van der Waals surface area contributed by atoms with Crippen molar-refractivity contribution in [1.29, 1.82) is 0 Å². The lowest BCUT2D eigenvalue weighted by Crippen LogP contribution is -2.12. The van der Waals surface area contributed by atoms with Crippen LogP contribution in [-0.4, -0.2) is 19.4 Å². The van der Waals surface area contributed by atoms with Crippen LogP contribution in [-0.2, 0) is 9.84 Å². The van der Waals surface area contributed by atoms with Crippen LogP contribution in [0.25, 0.3) is 0 Å². The molecule has 1 unspecified atom stereocenters. The maximum atomic E-state index is 10.7. The molecule has 0 spiro atoms. The zero-order valence-electron chi connectivity index (χ0n) is 6.30. The van der Waals surface area contributed by atoms with Crippen LogP contribution in [0.1, 0.15) is 26.2 Å². The molecule has 0 rings (SSSR count). The van der Waals surface area contributed by atoms with E-state index in [-0.39, 0.29) is 0 Å². The van der Waals surface area contributed by atoms with Gasteiger partial charge in [0.1, 0.15) is 4.71 Å². The average molecular weight is 185 g/mol. The largest absolute Gasteiger partial charge is 0.228 e. The fourth-order valence-electron chi connectivity index (χ4n) is 0.579. The predicted molar refractivity (Wildman–Crippen MR) is 44.0 cm³/mol. The fourth-order valence-corrected chi connectivity index (χ4v) is 1.33. The summed E-state index contributed by atoms with van der Waals surface area (Å²) in [4.78, 5) is 0. The maximum absolute atomic E-state index is 10.7. The third-order valence-corrected chi connectivity index (χ3v) is 3.60. The zero-order valence-corrected chi connectivity index (χ0v) is 7.87. The summed E-state index contributed by atoms with van der Waals surface area (Å²) in [6.45, 7) is 2.01. The van der Waals surface area contributed by atoms with Gasteiger partial charge < -0.3 is 0 Å². The van der Waals surface area contributed by atoms with E-state index in [0.29, 0.717) is 6.42 Å². The van der Waals surface area contributed by atoms with Gasteiger partial charge in [0.15, 0.2) is 9.84 Å². The third kappa shape index (κ3) is 4.12. The first kappa shape index (κ1) is 10.2. The van der Waals surface area contributed by atoms with Gasteiger partial charge in [0.25, 0.3) is 0 Å². The van der Waals surface area contributed by atoms with Crippen molar-refractivity contribution in [2.24, 2.45) is 0 Å². The van der Waals surface area contributed by atoms with Crippen molar-refractivity contribution in [3.63, 3.8) is 0 Å². The number of hydrogen-bond acceptors (Lipinski definition) is 2. The van der Waals surface area contributed by atoms with Gasteiger partial charge in [-0.15, -0.1) is 11.6 Å². The van der Waals surface area contributed by atoms with Gasteiger partial charge in [0, 0.05) is 6.26 Å². The van der Waals surface area contributed by atoms with Gasteiger partial charge in [0.05, 0.1) is 0 Å². The highest BCUT2D eigenvalue weighted by atomic mass is 35.5. The van der Waals surface area contributed by atoms with Crippen LogP contribution >= 0.6 is 11.6 Å². The van der Waals surface area contributed by atoms with Crippen LogP contribution in [0.4, 0.5) is 0 Å². The molecule has 0 saturated carbocycles. The van der Waals surface area contributed by atoms with Gasteiger partial charge >= 0.3 is 0 Å². The molecule has 0 saturated heterocycles. The van der Waals surface area contributed by atoms with Crippen molar-refractivity contribution in [1.82, 2.24) is 0 Å². The van der Waals surface area contributed by atoms with Crippen LogP contribution in [0.3, 0.4) is 0 Å². The van der Waals surface area contributed by atoms with Crippen molar-refractivity contribution in [2.45, 2.75) is 30.9 Å². The van der Waals surface area contributed by atoms with Gasteiger partial charge in [-0.1, -0.05) is 19.8 Å². The molecular weight excluding hydrogens is 172 g/mol. The number of halogens is 1. The Bertz CT molecular complexity index is 174. The van der Waals surface area contributed by atoms with E-state index in [0.717, 1.165) is 12.8 Å². The van der Waals surface area contributed by atoms with Crippen molar-refractivity contribution in [3.05, 3.63) is 0 Å². The van der Waals surface area contributed by atoms with Gasteiger partial charge in [-0.05, 0) is 6.42 Å². The number of unbranched alkanes of at least 4 members (excludes halogenated alkanes) is 1. The summed E-state index contributed by atoms with van der Waals surface area (Å²) in [5, 5.41) is 0. The van der Waals surface area contributed by atoms with E-state index in [1.165, 1.54) is 6.26 Å². The molecular formula is C6H13ClO2S. The van der Waals surface area contributed by atoms with Crippen molar-refractivity contribution in [2.75, 3.05) is 6.26 Å². The lowest BCUT2D eigenvalue weighted by atomic mass is 10.3.